The molecule has 1 aliphatic rings. The molecule has 1 aliphatic heterocycles. The molecular weight excluding hydrogens is 408 g/mol. The van der Waals surface area contributed by atoms with Gasteiger partial charge >= 0.3 is 0 Å². The van der Waals surface area contributed by atoms with Crippen molar-refractivity contribution >= 4 is 33.1 Å². The number of amides is 1. The van der Waals surface area contributed by atoms with Gasteiger partial charge in [0, 0.05) is 35.8 Å². The Bertz CT molecular complexity index is 1110. The Morgan fingerprint density at radius 3 is 2.67 bits per heavy atom. The molecule has 0 aromatic heterocycles. The molecule has 0 saturated carbocycles. The SMILES string of the molecule is Cc1cc(C(=O)Nc2cccc(S(=O)(=O)NC3=NCCCCC3)c2)ccc1[N+](=O)[O-]. The Kier molecular flexibility index (Phi) is 6.46. The summed E-state index contributed by atoms with van der Waals surface area (Å²) in [5, 5.41) is 13.6. The van der Waals surface area contributed by atoms with E-state index in [1.54, 1.807) is 13.0 Å². The smallest absolute Gasteiger partial charge is 0.272 e. The zero-order valence-electron chi connectivity index (χ0n) is 16.4. The standard InChI is InChI=1S/C20H22N4O5S/c1-14-12-15(9-10-18(14)24(26)27)20(25)22-16-6-5-7-17(13-16)30(28,29)23-19-8-3-2-4-11-21-19/h5-7,9-10,12-13H,2-4,8,11H2,1H3,(H,21,23)(H,22,25). The van der Waals surface area contributed by atoms with Crippen molar-refractivity contribution in [3.05, 3.63) is 63.7 Å². The number of nitrogens with one attached hydrogen (secondary N) is 2. The van der Waals surface area contributed by atoms with Crippen molar-refractivity contribution in [1.29, 1.82) is 0 Å². The number of nitro groups is 1. The van der Waals surface area contributed by atoms with Crippen molar-refractivity contribution < 1.29 is 18.1 Å². The molecule has 0 bridgehead atoms. The molecule has 1 heterocycles. The van der Waals surface area contributed by atoms with Gasteiger partial charge in [0.2, 0.25) is 0 Å². The first-order chi connectivity index (χ1) is 14.3. The minimum absolute atomic E-state index is 0.00660. The van der Waals surface area contributed by atoms with Gasteiger partial charge in [-0.15, -0.1) is 0 Å². The third kappa shape index (κ3) is 5.20. The van der Waals surface area contributed by atoms with Gasteiger partial charge in [-0.1, -0.05) is 12.5 Å². The number of hydrogen-bond donors (Lipinski definition) is 2. The highest BCUT2D eigenvalue weighted by Gasteiger charge is 2.19. The topological polar surface area (TPSA) is 131 Å². The Labute approximate surface area is 174 Å². The fourth-order valence-electron chi connectivity index (χ4n) is 3.12. The van der Waals surface area contributed by atoms with E-state index in [1.807, 2.05) is 0 Å². The molecule has 2 N–H and O–H groups in total. The highest BCUT2D eigenvalue weighted by molar-refractivity contribution is 7.90. The van der Waals surface area contributed by atoms with Gasteiger partial charge in [-0.25, -0.2) is 8.42 Å². The number of nitrogens with zero attached hydrogens (tertiary/aromatic N) is 2. The van der Waals surface area contributed by atoms with Crippen molar-refractivity contribution in [2.24, 2.45) is 4.99 Å². The summed E-state index contributed by atoms with van der Waals surface area (Å²) in [6.45, 7) is 2.15. The molecule has 0 fully saturated rings. The van der Waals surface area contributed by atoms with Crippen LogP contribution in [-0.4, -0.2) is 31.6 Å². The van der Waals surface area contributed by atoms with Crippen LogP contribution in [0.3, 0.4) is 0 Å². The van der Waals surface area contributed by atoms with Crippen LogP contribution in [0.25, 0.3) is 0 Å². The number of nitro benzene ring substituents is 1. The molecule has 9 nitrogen and oxygen atoms in total. The summed E-state index contributed by atoms with van der Waals surface area (Å²) in [5.41, 5.74) is 0.809. The molecular formula is C20H22N4O5S. The van der Waals surface area contributed by atoms with Crippen molar-refractivity contribution in [3.63, 3.8) is 0 Å². The van der Waals surface area contributed by atoms with E-state index >= 15 is 0 Å². The van der Waals surface area contributed by atoms with E-state index in [4.69, 9.17) is 0 Å². The van der Waals surface area contributed by atoms with Gasteiger partial charge in [-0.2, -0.15) is 0 Å². The van der Waals surface area contributed by atoms with Gasteiger partial charge in [-0.05, 0) is 50.1 Å². The maximum Gasteiger partial charge on any atom is 0.272 e. The van der Waals surface area contributed by atoms with E-state index < -0.39 is 20.9 Å². The van der Waals surface area contributed by atoms with Crippen LogP contribution in [0.2, 0.25) is 0 Å². The number of anilines is 1. The number of carbonyl (C=O) groups is 1. The third-order valence-electron chi connectivity index (χ3n) is 4.68. The Balaban J connectivity index is 1.76. The molecule has 3 rings (SSSR count). The quantitative estimate of drug-likeness (QED) is 0.554. The highest BCUT2D eigenvalue weighted by atomic mass is 32.2. The number of rotatable bonds is 5. The van der Waals surface area contributed by atoms with Crippen LogP contribution in [0.4, 0.5) is 11.4 Å². The highest BCUT2D eigenvalue weighted by Crippen LogP contribution is 2.21. The zero-order valence-corrected chi connectivity index (χ0v) is 17.2. The molecule has 0 saturated heterocycles. The first kappa shape index (κ1) is 21.4. The summed E-state index contributed by atoms with van der Waals surface area (Å²) in [7, 11) is -3.83. The fraction of sp³-hybridized carbons (Fsp3) is 0.300. The summed E-state index contributed by atoms with van der Waals surface area (Å²) in [4.78, 5) is 27.2. The summed E-state index contributed by atoms with van der Waals surface area (Å²) < 4.78 is 27.9. The van der Waals surface area contributed by atoms with Gasteiger partial charge in [0.15, 0.2) is 0 Å². The number of hydrogen-bond acceptors (Lipinski definition) is 6. The van der Waals surface area contributed by atoms with Crippen LogP contribution in [0, 0.1) is 17.0 Å². The maximum absolute atomic E-state index is 12.7. The van der Waals surface area contributed by atoms with E-state index in [1.165, 1.54) is 36.4 Å². The lowest BCUT2D eigenvalue weighted by Gasteiger charge is -2.11. The van der Waals surface area contributed by atoms with Crippen LogP contribution in [0.1, 0.15) is 41.6 Å². The van der Waals surface area contributed by atoms with E-state index in [2.05, 4.69) is 15.0 Å². The van der Waals surface area contributed by atoms with Crippen LogP contribution in [-0.2, 0) is 10.0 Å². The second kappa shape index (κ2) is 9.04. The van der Waals surface area contributed by atoms with Crippen LogP contribution < -0.4 is 10.0 Å². The molecule has 0 radical (unpaired) electrons. The monoisotopic (exact) mass is 430 g/mol. The largest absolute Gasteiger partial charge is 0.322 e. The van der Waals surface area contributed by atoms with Crippen LogP contribution in [0.5, 0.6) is 0 Å². The number of aryl methyl sites for hydroxylation is 1. The molecule has 0 atom stereocenters. The predicted molar refractivity (Wildman–Crippen MR) is 113 cm³/mol. The van der Waals surface area contributed by atoms with Crippen molar-refractivity contribution in [3.8, 4) is 0 Å². The minimum Gasteiger partial charge on any atom is -0.322 e. The summed E-state index contributed by atoms with van der Waals surface area (Å²) >= 11 is 0. The normalized spacial score (nSPS) is 14.4. The minimum atomic E-state index is -3.83. The Hall–Kier alpha value is -3.27. The van der Waals surface area contributed by atoms with Crippen molar-refractivity contribution in [2.45, 2.75) is 37.5 Å². The van der Waals surface area contributed by atoms with Gasteiger partial charge < -0.3 is 5.32 Å². The second-order valence-corrected chi connectivity index (χ2v) is 8.67. The first-order valence-electron chi connectivity index (χ1n) is 9.49. The number of aliphatic imine (C=N–C) groups is 1. The molecule has 2 aromatic carbocycles. The lowest BCUT2D eigenvalue weighted by molar-refractivity contribution is -0.385. The lowest BCUT2D eigenvalue weighted by Crippen LogP contribution is -2.30. The van der Waals surface area contributed by atoms with Gasteiger partial charge in [0.1, 0.15) is 5.84 Å². The first-order valence-corrected chi connectivity index (χ1v) is 11.0. The zero-order chi connectivity index (χ0) is 21.7. The molecule has 1 amide bonds. The predicted octanol–water partition coefficient (Wildman–Crippen LogP) is 3.41. The molecule has 0 spiro atoms. The van der Waals surface area contributed by atoms with Gasteiger partial charge in [0.25, 0.3) is 21.6 Å². The Morgan fingerprint density at radius 2 is 1.93 bits per heavy atom. The average Bonchev–Trinajstić information content (AvgIpc) is 2.96. The summed E-state index contributed by atoms with van der Waals surface area (Å²) in [6.07, 6.45) is 3.41. The number of sulfonamides is 1. The average molecular weight is 430 g/mol. The molecule has 0 aliphatic carbocycles. The van der Waals surface area contributed by atoms with E-state index in [9.17, 15) is 23.3 Å². The molecule has 158 valence electrons. The van der Waals surface area contributed by atoms with E-state index in [0.717, 1.165) is 19.3 Å². The third-order valence-corrected chi connectivity index (χ3v) is 6.06. The molecule has 30 heavy (non-hydrogen) atoms. The summed E-state index contributed by atoms with van der Waals surface area (Å²) in [6, 6.07) is 9.93. The van der Waals surface area contributed by atoms with E-state index in [-0.39, 0.29) is 16.1 Å². The Morgan fingerprint density at radius 1 is 1.13 bits per heavy atom. The van der Waals surface area contributed by atoms with Crippen LogP contribution >= 0.6 is 0 Å². The van der Waals surface area contributed by atoms with Crippen molar-refractivity contribution in [2.75, 3.05) is 11.9 Å². The van der Waals surface area contributed by atoms with Crippen LogP contribution in [0.15, 0.2) is 52.4 Å². The lowest BCUT2D eigenvalue weighted by atomic mass is 10.1. The number of amidine groups is 1. The molecule has 2 aromatic rings. The van der Waals surface area contributed by atoms with Gasteiger partial charge in [0.05, 0.1) is 9.82 Å². The molecule has 0 unspecified atom stereocenters. The number of benzene rings is 2. The second-order valence-electron chi connectivity index (χ2n) is 6.98. The van der Waals surface area contributed by atoms with E-state index in [0.29, 0.717) is 30.1 Å². The molecule has 10 heteroatoms. The number of carbonyl (C=O) groups excluding carboxylic acids is 1. The maximum atomic E-state index is 12.7. The van der Waals surface area contributed by atoms with Crippen molar-refractivity contribution in [1.82, 2.24) is 4.72 Å². The van der Waals surface area contributed by atoms with Gasteiger partial charge in [-0.3, -0.25) is 24.6 Å². The fourth-order valence-corrected chi connectivity index (χ4v) is 4.25. The summed E-state index contributed by atoms with van der Waals surface area (Å²) in [5.74, 6) is -0.0491.